The molecule has 0 aliphatic rings. The van der Waals surface area contributed by atoms with E-state index in [1.54, 1.807) is 6.07 Å². The van der Waals surface area contributed by atoms with Gasteiger partial charge in [-0.2, -0.15) is 0 Å². The highest BCUT2D eigenvalue weighted by molar-refractivity contribution is 6.30. The van der Waals surface area contributed by atoms with Gasteiger partial charge in [0.1, 0.15) is 0 Å². The van der Waals surface area contributed by atoms with Gasteiger partial charge in [-0.1, -0.05) is 29.3 Å². The number of benzene rings is 2. The Labute approximate surface area is 154 Å². The summed E-state index contributed by atoms with van der Waals surface area (Å²) in [6, 6.07) is 8.51. The van der Waals surface area contributed by atoms with Crippen LogP contribution in [0.1, 0.15) is 11.1 Å². The summed E-state index contributed by atoms with van der Waals surface area (Å²) >= 11 is 5.70. The quantitative estimate of drug-likeness (QED) is 0.611. The topological polar surface area (TPSA) is 111 Å². The number of anilines is 1. The fourth-order valence-electron chi connectivity index (χ4n) is 2.17. The van der Waals surface area contributed by atoms with Crippen molar-refractivity contribution in [3.8, 4) is 5.75 Å². The van der Waals surface area contributed by atoms with Gasteiger partial charge >= 0.3 is 11.7 Å². The van der Waals surface area contributed by atoms with Crippen LogP contribution in [0.3, 0.4) is 0 Å². The summed E-state index contributed by atoms with van der Waals surface area (Å²) < 4.78 is 5.11. The third-order valence-corrected chi connectivity index (χ3v) is 3.59. The Morgan fingerprint density at radius 3 is 2.58 bits per heavy atom. The predicted molar refractivity (Wildman–Crippen MR) is 96.7 cm³/mol. The number of hydrogen-bond donors (Lipinski definition) is 2. The van der Waals surface area contributed by atoms with E-state index in [1.807, 2.05) is 26.0 Å². The Bertz CT molecular complexity index is 869. The average molecular weight is 378 g/mol. The molecule has 0 spiro atoms. The number of nitrogens with zero attached hydrogens (tertiary/aromatic N) is 1. The number of aryl methyl sites for hydroxylation is 2. The molecule has 0 heterocycles. The summed E-state index contributed by atoms with van der Waals surface area (Å²) in [6.45, 7) is 3.18. The maximum atomic E-state index is 11.9. The van der Waals surface area contributed by atoms with Crippen LogP contribution in [-0.2, 0) is 4.79 Å². The van der Waals surface area contributed by atoms with Gasteiger partial charge in [0.05, 0.1) is 4.92 Å². The third-order valence-electron chi connectivity index (χ3n) is 3.36. The van der Waals surface area contributed by atoms with Crippen LogP contribution in [0.15, 0.2) is 36.4 Å². The molecule has 9 heteroatoms. The lowest BCUT2D eigenvalue weighted by Crippen LogP contribution is -2.37. The van der Waals surface area contributed by atoms with Crippen LogP contribution >= 0.6 is 11.6 Å². The van der Waals surface area contributed by atoms with Crippen molar-refractivity contribution < 1.29 is 19.2 Å². The maximum Gasteiger partial charge on any atom is 0.325 e. The van der Waals surface area contributed by atoms with E-state index in [4.69, 9.17) is 16.3 Å². The van der Waals surface area contributed by atoms with E-state index in [9.17, 15) is 19.7 Å². The normalized spacial score (nSPS) is 10.1. The average Bonchev–Trinajstić information content (AvgIpc) is 2.56. The van der Waals surface area contributed by atoms with Gasteiger partial charge < -0.3 is 10.1 Å². The Balaban J connectivity index is 1.93. The number of halogens is 1. The lowest BCUT2D eigenvalue weighted by molar-refractivity contribution is -0.385. The van der Waals surface area contributed by atoms with Crippen molar-refractivity contribution in [3.63, 3.8) is 0 Å². The molecule has 2 N–H and O–H groups in total. The summed E-state index contributed by atoms with van der Waals surface area (Å²) in [5.41, 5.74) is 2.09. The molecule has 8 nitrogen and oxygen atoms in total. The van der Waals surface area contributed by atoms with Crippen LogP contribution in [0.25, 0.3) is 0 Å². The van der Waals surface area contributed by atoms with Gasteiger partial charge in [0.15, 0.2) is 12.4 Å². The highest BCUT2D eigenvalue weighted by Crippen LogP contribution is 2.29. The molecule has 0 saturated carbocycles. The van der Waals surface area contributed by atoms with E-state index in [-0.39, 0.29) is 16.5 Å². The number of imide groups is 1. The van der Waals surface area contributed by atoms with Gasteiger partial charge in [0.2, 0.25) is 0 Å². The predicted octanol–water partition coefficient (Wildman–Crippen LogP) is 3.59. The van der Waals surface area contributed by atoms with Crippen LogP contribution in [0.2, 0.25) is 5.02 Å². The summed E-state index contributed by atoms with van der Waals surface area (Å²) in [4.78, 5) is 34.0. The monoisotopic (exact) mass is 377 g/mol. The van der Waals surface area contributed by atoms with Crippen LogP contribution in [-0.4, -0.2) is 23.5 Å². The zero-order valence-electron chi connectivity index (χ0n) is 14.0. The van der Waals surface area contributed by atoms with Gasteiger partial charge in [-0.15, -0.1) is 0 Å². The Kier molecular flexibility index (Phi) is 6.13. The first-order valence-corrected chi connectivity index (χ1v) is 7.89. The zero-order chi connectivity index (χ0) is 19.3. The largest absolute Gasteiger partial charge is 0.477 e. The minimum Gasteiger partial charge on any atom is -0.477 e. The second kappa shape index (κ2) is 8.30. The molecular weight excluding hydrogens is 362 g/mol. The van der Waals surface area contributed by atoms with Crippen LogP contribution in [0.5, 0.6) is 5.75 Å². The molecule has 0 bridgehead atoms. The van der Waals surface area contributed by atoms with Crippen LogP contribution < -0.4 is 15.4 Å². The molecule has 2 aromatic rings. The number of nitro groups is 1. The molecule has 2 rings (SSSR count). The standard InChI is InChI=1S/C17H16ClN3O5/c1-10-3-5-13(11(2)7-10)19-17(23)20-16(22)9-26-15-6-4-12(18)8-14(15)21(24)25/h3-8H,9H2,1-2H3,(H2,19,20,22,23). The smallest absolute Gasteiger partial charge is 0.325 e. The lowest BCUT2D eigenvalue weighted by Gasteiger charge is -2.10. The Morgan fingerprint density at radius 2 is 1.92 bits per heavy atom. The molecule has 0 aliphatic carbocycles. The molecule has 0 saturated heterocycles. The summed E-state index contributed by atoms with van der Waals surface area (Å²) in [5, 5.41) is 15.8. The van der Waals surface area contributed by atoms with Crippen molar-refractivity contribution in [1.29, 1.82) is 0 Å². The second-order valence-corrected chi connectivity index (χ2v) is 5.91. The van der Waals surface area contributed by atoms with Gasteiger partial charge in [-0.05, 0) is 37.6 Å². The van der Waals surface area contributed by atoms with Crippen molar-refractivity contribution in [1.82, 2.24) is 5.32 Å². The minimum absolute atomic E-state index is 0.121. The van der Waals surface area contributed by atoms with Crippen molar-refractivity contribution in [2.75, 3.05) is 11.9 Å². The van der Waals surface area contributed by atoms with Gasteiger partial charge in [-0.3, -0.25) is 20.2 Å². The number of carbonyl (C=O) groups excluding carboxylic acids is 2. The number of nitrogens with one attached hydrogen (secondary N) is 2. The molecule has 0 unspecified atom stereocenters. The lowest BCUT2D eigenvalue weighted by atomic mass is 10.1. The number of rotatable bonds is 5. The highest BCUT2D eigenvalue weighted by atomic mass is 35.5. The SMILES string of the molecule is Cc1ccc(NC(=O)NC(=O)COc2ccc(Cl)cc2[N+](=O)[O-])c(C)c1. The summed E-state index contributed by atoms with van der Waals surface area (Å²) in [5.74, 6) is -0.874. The summed E-state index contributed by atoms with van der Waals surface area (Å²) in [6.07, 6.45) is 0. The molecule has 0 aromatic heterocycles. The van der Waals surface area contributed by atoms with Crippen molar-refractivity contribution in [2.45, 2.75) is 13.8 Å². The molecule has 26 heavy (non-hydrogen) atoms. The van der Waals surface area contributed by atoms with Crippen molar-refractivity contribution in [3.05, 3.63) is 62.7 Å². The number of ether oxygens (including phenoxy) is 1. The van der Waals surface area contributed by atoms with E-state index < -0.39 is 23.5 Å². The second-order valence-electron chi connectivity index (χ2n) is 5.48. The first-order chi connectivity index (χ1) is 12.3. The summed E-state index contributed by atoms with van der Waals surface area (Å²) in [7, 11) is 0. The molecule has 0 atom stereocenters. The van der Waals surface area contributed by atoms with E-state index in [0.717, 1.165) is 17.2 Å². The number of nitro benzene ring substituents is 1. The number of carbonyl (C=O) groups is 2. The number of urea groups is 1. The minimum atomic E-state index is -0.753. The van der Waals surface area contributed by atoms with E-state index >= 15 is 0 Å². The van der Waals surface area contributed by atoms with Gasteiger partial charge in [0, 0.05) is 16.8 Å². The van der Waals surface area contributed by atoms with Crippen molar-refractivity contribution in [2.24, 2.45) is 0 Å². The molecular formula is C17H16ClN3O5. The van der Waals surface area contributed by atoms with E-state index in [2.05, 4.69) is 10.6 Å². The maximum absolute atomic E-state index is 11.9. The van der Waals surface area contributed by atoms with Gasteiger partial charge in [-0.25, -0.2) is 4.79 Å². The first kappa shape index (κ1) is 19.2. The third kappa shape index (κ3) is 5.18. The number of amides is 3. The first-order valence-electron chi connectivity index (χ1n) is 7.51. The number of hydrogen-bond acceptors (Lipinski definition) is 5. The molecule has 0 radical (unpaired) electrons. The Morgan fingerprint density at radius 1 is 1.19 bits per heavy atom. The van der Waals surface area contributed by atoms with E-state index in [0.29, 0.717) is 5.69 Å². The highest BCUT2D eigenvalue weighted by Gasteiger charge is 2.17. The molecule has 0 aliphatic heterocycles. The Hall–Kier alpha value is -3.13. The molecule has 2 aromatic carbocycles. The fraction of sp³-hybridized carbons (Fsp3) is 0.176. The molecule has 136 valence electrons. The fourth-order valence-corrected chi connectivity index (χ4v) is 2.34. The van der Waals surface area contributed by atoms with Crippen LogP contribution in [0, 0.1) is 24.0 Å². The molecule has 3 amide bonds. The zero-order valence-corrected chi connectivity index (χ0v) is 14.8. The van der Waals surface area contributed by atoms with Crippen molar-refractivity contribution >= 4 is 34.9 Å². The van der Waals surface area contributed by atoms with E-state index in [1.165, 1.54) is 12.1 Å². The van der Waals surface area contributed by atoms with Crippen LogP contribution in [0.4, 0.5) is 16.2 Å². The molecule has 0 fully saturated rings. The van der Waals surface area contributed by atoms with Gasteiger partial charge in [0.25, 0.3) is 5.91 Å².